The average Bonchev–Trinajstić information content (AvgIpc) is 3.12. The molecular weight excluding hydrogens is 446 g/mol. The maximum atomic E-state index is 13.4. The number of carbonyl (C=O) groups is 1. The van der Waals surface area contributed by atoms with E-state index in [1.165, 1.54) is 9.20 Å². The molecule has 190 valence electrons. The van der Waals surface area contributed by atoms with Crippen molar-refractivity contribution in [2.45, 2.75) is 72.8 Å². The number of aromatic nitrogens is 4. The van der Waals surface area contributed by atoms with E-state index in [1.807, 2.05) is 19.9 Å². The molecule has 35 heavy (non-hydrogen) atoms. The number of unbranched alkanes of at least 4 members (excludes halogenated alkanes) is 2. The number of nitrogens with two attached hydrogens (primary N) is 1. The highest BCUT2D eigenvalue weighted by atomic mass is 16.5. The van der Waals surface area contributed by atoms with E-state index in [-0.39, 0.29) is 23.7 Å². The van der Waals surface area contributed by atoms with Crippen LogP contribution in [-0.4, -0.2) is 40.3 Å². The average molecular weight is 485 g/mol. The molecule has 0 fully saturated rings. The lowest BCUT2D eigenvalue weighted by atomic mass is 9.84. The summed E-state index contributed by atoms with van der Waals surface area (Å²) in [5.74, 6) is 1.81. The zero-order valence-electron chi connectivity index (χ0n) is 21.8. The summed E-state index contributed by atoms with van der Waals surface area (Å²) in [6.07, 6.45) is 3.19. The molecule has 0 radical (unpaired) electrons. The Balaban J connectivity index is 1.90. The number of nitrogen functional groups attached to an aromatic ring is 1. The Labute approximate surface area is 207 Å². The van der Waals surface area contributed by atoms with E-state index in [2.05, 4.69) is 37.9 Å². The minimum Gasteiger partial charge on any atom is -0.490 e. The number of nitrogens with zero attached hydrogens (tertiary/aromatic N) is 4. The second-order valence-corrected chi connectivity index (χ2v) is 9.40. The van der Waals surface area contributed by atoms with Crippen LogP contribution in [0.2, 0.25) is 0 Å². The van der Waals surface area contributed by atoms with E-state index in [9.17, 15) is 4.79 Å². The van der Waals surface area contributed by atoms with Gasteiger partial charge in [-0.05, 0) is 37.8 Å². The van der Waals surface area contributed by atoms with Gasteiger partial charge in [0.05, 0.1) is 19.8 Å². The fraction of sp³-hybridized carbons (Fsp3) is 0.538. The lowest BCUT2D eigenvalue weighted by Crippen LogP contribution is -2.42. The van der Waals surface area contributed by atoms with Crippen molar-refractivity contribution in [2.75, 3.05) is 25.6 Å². The smallest absolute Gasteiger partial charge is 0.401 e. The van der Waals surface area contributed by atoms with Crippen molar-refractivity contribution in [3.05, 3.63) is 35.4 Å². The molecule has 0 unspecified atom stereocenters. The second kappa shape index (κ2) is 11.4. The van der Waals surface area contributed by atoms with Gasteiger partial charge in [-0.1, -0.05) is 55.2 Å². The third-order valence-electron chi connectivity index (χ3n) is 5.56. The molecule has 3 aromatic rings. The maximum absolute atomic E-state index is 13.4. The summed E-state index contributed by atoms with van der Waals surface area (Å²) in [7, 11) is 0. The Kier molecular flexibility index (Phi) is 8.53. The van der Waals surface area contributed by atoms with Crippen molar-refractivity contribution in [2.24, 2.45) is 0 Å². The van der Waals surface area contributed by atoms with Crippen LogP contribution in [0.3, 0.4) is 0 Å². The van der Waals surface area contributed by atoms with Crippen LogP contribution < -0.4 is 24.6 Å². The number of ether oxygens (including phenoxy) is 3. The number of rotatable bonds is 12. The number of anilines is 1. The van der Waals surface area contributed by atoms with Crippen molar-refractivity contribution < 1.29 is 23.7 Å². The summed E-state index contributed by atoms with van der Waals surface area (Å²) in [4.78, 5) is 13.4. The summed E-state index contributed by atoms with van der Waals surface area (Å²) in [6, 6.07) is 7.15. The van der Waals surface area contributed by atoms with Crippen LogP contribution in [0.1, 0.15) is 76.7 Å². The summed E-state index contributed by atoms with van der Waals surface area (Å²) in [5.41, 5.74) is 8.01. The molecule has 2 aromatic heterocycles. The zero-order valence-corrected chi connectivity index (χ0v) is 21.8. The molecule has 0 aliphatic heterocycles. The van der Waals surface area contributed by atoms with Gasteiger partial charge in [0, 0.05) is 23.3 Å². The molecule has 0 amide bonds. The third kappa shape index (κ3) is 6.21. The first kappa shape index (κ1) is 26.2. The van der Waals surface area contributed by atoms with Gasteiger partial charge in [-0.15, -0.1) is 4.68 Å². The standard InChI is InChI=1S/C26H37N5O4/c1-7-10-11-14-35-23-13-12-22-28-30(25(27)31(22)29-23)17-20(32)18-15-19(26(4,5)6)24(34-9-3)21(16-18)33-8-2/h12-13,15-16,27H,7-11,14,17H2,1-6H3/p+1. The molecule has 0 spiro atoms. The predicted octanol–water partition coefficient (Wildman–Crippen LogP) is 4.15. The molecule has 0 aliphatic rings. The van der Waals surface area contributed by atoms with E-state index in [1.54, 1.807) is 18.2 Å². The van der Waals surface area contributed by atoms with Crippen molar-refractivity contribution in [3.8, 4) is 17.4 Å². The Morgan fingerprint density at radius 3 is 2.46 bits per heavy atom. The summed E-state index contributed by atoms with van der Waals surface area (Å²) < 4.78 is 20.4. The first-order valence-electron chi connectivity index (χ1n) is 12.3. The van der Waals surface area contributed by atoms with Crippen molar-refractivity contribution >= 4 is 17.4 Å². The zero-order chi connectivity index (χ0) is 25.6. The Morgan fingerprint density at radius 2 is 1.80 bits per heavy atom. The Morgan fingerprint density at radius 1 is 1.06 bits per heavy atom. The number of ketones is 1. The van der Waals surface area contributed by atoms with Crippen molar-refractivity contribution in [1.82, 2.24) is 14.7 Å². The van der Waals surface area contributed by atoms with E-state index in [0.717, 1.165) is 24.8 Å². The van der Waals surface area contributed by atoms with E-state index < -0.39 is 0 Å². The van der Waals surface area contributed by atoms with Crippen molar-refractivity contribution in [1.29, 1.82) is 0 Å². The fourth-order valence-corrected chi connectivity index (χ4v) is 3.75. The fourth-order valence-electron chi connectivity index (χ4n) is 3.75. The topological polar surface area (TPSA) is 105 Å². The van der Waals surface area contributed by atoms with Gasteiger partial charge in [-0.3, -0.25) is 10.5 Å². The molecule has 0 saturated heterocycles. The lowest BCUT2D eigenvalue weighted by molar-refractivity contribution is -0.723. The van der Waals surface area contributed by atoms with Gasteiger partial charge in [-0.2, -0.15) is 0 Å². The van der Waals surface area contributed by atoms with Gasteiger partial charge in [0.1, 0.15) is 0 Å². The SMILES string of the molecule is CCCCCOc1ccc2n[n+](CC(=O)c3cc(OCC)c(OCC)c(C(C)(C)C)c3)c(N)n2n1. The van der Waals surface area contributed by atoms with Crippen molar-refractivity contribution in [3.63, 3.8) is 0 Å². The van der Waals surface area contributed by atoms with Gasteiger partial charge < -0.3 is 14.2 Å². The van der Waals surface area contributed by atoms with Crippen LogP contribution in [0, 0.1) is 0 Å². The number of carbonyl (C=O) groups excluding carboxylic acids is 1. The molecule has 3 rings (SSSR count). The van der Waals surface area contributed by atoms with Crippen LogP contribution in [0.25, 0.3) is 5.65 Å². The maximum Gasteiger partial charge on any atom is 0.401 e. The van der Waals surface area contributed by atoms with Crippen LogP contribution >= 0.6 is 0 Å². The molecule has 2 N–H and O–H groups in total. The minimum absolute atomic E-state index is 0.0367. The molecule has 0 bridgehead atoms. The number of hydrogen-bond acceptors (Lipinski definition) is 7. The van der Waals surface area contributed by atoms with Gasteiger partial charge in [0.25, 0.3) is 5.65 Å². The largest absolute Gasteiger partial charge is 0.490 e. The second-order valence-electron chi connectivity index (χ2n) is 9.40. The molecule has 9 heteroatoms. The van der Waals surface area contributed by atoms with Gasteiger partial charge in [0.15, 0.2) is 23.8 Å². The molecular formula is C26H38N5O4+. The quantitative estimate of drug-likeness (QED) is 0.234. The molecule has 2 heterocycles. The summed E-state index contributed by atoms with van der Waals surface area (Å²) >= 11 is 0. The number of fused-ring (bicyclic) bond motifs is 1. The van der Waals surface area contributed by atoms with Gasteiger partial charge in [-0.25, -0.2) is 0 Å². The molecule has 9 nitrogen and oxygen atoms in total. The van der Waals surface area contributed by atoms with E-state index in [4.69, 9.17) is 19.9 Å². The summed E-state index contributed by atoms with van der Waals surface area (Å²) in [5, 5.41) is 8.89. The third-order valence-corrected chi connectivity index (χ3v) is 5.56. The van der Waals surface area contributed by atoms with Crippen LogP contribution in [0.15, 0.2) is 24.3 Å². The van der Waals surface area contributed by atoms with Crippen LogP contribution in [0.4, 0.5) is 5.95 Å². The predicted molar refractivity (Wildman–Crippen MR) is 134 cm³/mol. The number of hydrogen-bond donors (Lipinski definition) is 1. The molecule has 0 aliphatic carbocycles. The Bertz CT molecular complexity index is 1170. The monoisotopic (exact) mass is 484 g/mol. The lowest BCUT2D eigenvalue weighted by Gasteiger charge is -2.25. The van der Waals surface area contributed by atoms with Crippen LogP contribution in [0.5, 0.6) is 17.4 Å². The van der Waals surface area contributed by atoms with Gasteiger partial charge >= 0.3 is 5.95 Å². The molecule has 0 atom stereocenters. The van der Waals surface area contributed by atoms with E-state index >= 15 is 0 Å². The highest BCUT2D eigenvalue weighted by Crippen LogP contribution is 2.40. The summed E-state index contributed by atoms with van der Waals surface area (Å²) in [6.45, 7) is 13.7. The first-order valence-corrected chi connectivity index (χ1v) is 12.3. The molecule has 0 saturated carbocycles. The molecule has 1 aromatic carbocycles. The first-order chi connectivity index (χ1) is 16.7. The highest BCUT2D eigenvalue weighted by Gasteiger charge is 2.27. The van der Waals surface area contributed by atoms with Crippen LogP contribution in [-0.2, 0) is 12.0 Å². The minimum atomic E-state index is -0.251. The number of benzene rings is 1. The normalized spacial score (nSPS) is 11.6. The highest BCUT2D eigenvalue weighted by molar-refractivity contribution is 5.96. The number of Topliss-reactive ketones (excluding diaryl/α,β-unsaturated/α-hetero) is 1. The van der Waals surface area contributed by atoms with E-state index in [0.29, 0.717) is 48.4 Å². The van der Waals surface area contributed by atoms with Gasteiger partial charge in [0.2, 0.25) is 5.88 Å². The Hall–Kier alpha value is -3.36.